The van der Waals surface area contributed by atoms with E-state index in [0.29, 0.717) is 39.6 Å². The van der Waals surface area contributed by atoms with Gasteiger partial charge in [0.25, 0.3) is 0 Å². The molecule has 0 saturated heterocycles. The van der Waals surface area contributed by atoms with Crippen molar-refractivity contribution >= 4 is 0 Å². The van der Waals surface area contributed by atoms with Gasteiger partial charge in [0.05, 0.1) is 45.3 Å². The van der Waals surface area contributed by atoms with Crippen LogP contribution in [0.2, 0.25) is 0 Å². The summed E-state index contributed by atoms with van der Waals surface area (Å²) in [5.74, 6) is 0. The molecule has 104 valence electrons. The Morgan fingerprint density at radius 1 is 1.17 bits per heavy atom. The molecule has 1 rings (SSSR count). The maximum atomic E-state index is 5.59. The Labute approximate surface area is 108 Å². The van der Waals surface area contributed by atoms with Crippen LogP contribution in [0.3, 0.4) is 0 Å². The highest BCUT2D eigenvalue weighted by molar-refractivity contribution is 5.14. The molecule has 18 heavy (non-hydrogen) atoms. The monoisotopic (exact) mass is 257 g/mol. The zero-order chi connectivity index (χ0) is 13.2. The van der Waals surface area contributed by atoms with Crippen molar-refractivity contribution in [3.8, 4) is 0 Å². The Bertz CT molecular complexity index is 328. The first-order chi connectivity index (χ1) is 8.77. The molecule has 6 nitrogen and oxygen atoms in total. The lowest BCUT2D eigenvalue weighted by Crippen LogP contribution is -2.12. The lowest BCUT2D eigenvalue weighted by atomic mass is 10.3. The van der Waals surface area contributed by atoms with Gasteiger partial charge in [0, 0.05) is 25.4 Å². The zero-order valence-corrected chi connectivity index (χ0v) is 11.2. The molecule has 0 unspecified atom stereocenters. The number of rotatable bonds is 10. The molecule has 0 bridgehead atoms. The van der Waals surface area contributed by atoms with Gasteiger partial charge in [0.2, 0.25) is 0 Å². The van der Waals surface area contributed by atoms with Crippen molar-refractivity contribution in [2.24, 2.45) is 5.73 Å². The molecule has 0 atom stereocenters. The Morgan fingerprint density at radius 2 is 1.83 bits per heavy atom. The molecule has 6 heteroatoms. The van der Waals surface area contributed by atoms with E-state index < -0.39 is 0 Å². The summed E-state index contributed by atoms with van der Waals surface area (Å²) >= 11 is 0. The normalized spacial score (nSPS) is 11.1. The second-order valence-corrected chi connectivity index (χ2v) is 3.92. The maximum absolute atomic E-state index is 5.59. The molecule has 0 radical (unpaired) electrons. The predicted molar refractivity (Wildman–Crippen MR) is 68.4 cm³/mol. The van der Waals surface area contributed by atoms with Gasteiger partial charge in [-0.2, -0.15) is 5.10 Å². The molecule has 2 N–H and O–H groups in total. The van der Waals surface area contributed by atoms with Crippen LogP contribution in [0.4, 0.5) is 0 Å². The summed E-state index contributed by atoms with van der Waals surface area (Å²) < 4.78 is 17.4. The van der Waals surface area contributed by atoms with Crippen LogP contribution in [0, 0.1) is 6.92 Å². The van der Waals surface area contributed by atoms with E-state index in [2.05, 4.69) is 5.10 Å². The van der Waals surface area contributed by atoms with Crippen LogP contribution >= 0.6 is 0 Å². The Kier molecular flexibility index (Phi) is 7.59. The van der Waals surface area contributed by atoms with E-state index in [0.717, 1.165) is 17.8 Å². The van der Waals surface area contributed by atoms with Gasteiger partial charge in [0.15, 0.2) is 0 Å². The summed E-state index contributed by atoms with van der Waals surface area (Å²) in [6.07, 6.45) is 1.97. The van der Waals surface area contributed by atoms with Gasteiger partial charge in [-0.05, 0) is 6.92 Å². The number of ether oxygens (including phenoxy) is 3. The quantitative estimate of drug-likeness (QED) is 0.612. The van der Waals surface area contributed by atoms with E-state index in [1.54, 1.807) is 7.11 Å². The summed E-state index contributed by atoms with van der Waals surface area (Å²) in [6.45, 7) is 6.26. The fraction of sp³-hybridized carbons (Fsp3) is 0.750. The minimum Gasteiger partial charge on any atom is -0.382 e. The fourth-order valence-electron chi connectivity index (χ4n) is 1.50. The van der Waals surface area contributed by atoms with Gasteiger partial charge < -0.3 is 19.9 Å². The van der Waals surface area contributed by atoms with Gasteiger partial charge >= 0.3 is 0 Å². The number of nitrogens with two attached hydrogens (primary N) is 1. The first-order valence-corrected chi connectivity index (χ1v) is 6.15. The number of methoxy groups -OCH3 is 1. The lowest BCUT2D eigenvalue weighted by Gasteiger charge is -2.05. The molecular weight excluding hydrogens is 234 g/mol. The van der Waals surface area contributed by atoms with Crippen molar-refractivity contribution in [3.05, 3.63) is 17.5 Å². The number of aromatic nitrogens is 2. The molecule has 0 aliphatic heterocycles. The van der Waals surface area contributed by atoms with Crippen molar-refractivity contribution < 1.29 is 14.2 Å². The smallest absolute Gasteiger partial charge is 0.0701 e. The number of hydrogen-bond donors (Lipinski definition) is 1. The number of aryl methyl sites for hydroxylation is 1. The predicted octanol–water partition coefficient (Wildman–Crippen LogP) is 0.330. The Balaban J connectivity index is 2.03. The second kappa shape index (κ2) is 9.04. The standard InChI is InChI=1S/C12H23N3O3/c1-11-12(9-13)10-15(14-11)3-4-17-7-8-18-6-5-16-2/h10H,3-9,13H2,1-2H3. The average molecular weight is 257 g/mol. The van der Waals surface area contributed by atoms with Crippen molar-refractivity contribution in [1.29, 1.82) is 0 Å². The number of hydrogen-bond acceptors (Lipinski definition) is 5. The molecule has 1 heterocycles. The maximum Gasteiger partial charge on any atom is 0.0701 e. The van der Waals surface area contributed by atoms with Crippen LogP contribution in [-0.2, 0) is 27.3 Å². The minimum absolute atomic E-state index is 0.528. The summed E-state index contributed by atoms with van der Waals surface area (Å²) in [5, 5.41) is 4.35. The minimum atomic E-state index is 0.528. The summed E-state index contributed by atoms with van der Waals surface area (Å²) in [5.41, 5.74) is 7.65. The lowest BCUT2D eigenvalue weighted by molar-refractivity contribution is 0.0225. The van der Waals surface area contributed by atoms with Gasteiger partial charge in [-0.25, -0.2) is 0 Å². The highest BCUT2D eigenvalue weighted by Crippen LogP contribution is 2.03. The number of nitrogens with zero attached hydrogens (tertiary/aromatic N) is 2. The van der Waals surface area contributed by atoms with Gasteiger partial charge in [0.1, 0.15) is 0 Å². The fourth-order valence-corrected chi connectivity index (χ4v) is 1.50. The molecular formula is C12H23N3O3. The van der Waals surface area contributed by atoms with Gasteiger partial charge in [-0.3, -0.25) is 4.68 Å². The second-order valence-electron chi connectivity index (χ2n) is 3.92. The molecule has 0 aromatic carbocycles. The molecule has 1 aromatic heterocycles. The zero-order valence-electron chi connectivity index (χ0n) is 11.2. The van der Waals surface area contributed by atoms with Crippen LogP contribution in [0.25, 0.3) is 0 Å². The molecule has 0 saturated carbocycles. The van der Waals surface area contributed by atoms with Crippen molar-refractivity contribution in [1.82, 2.24) is 9.78 Å². The molecule has 0 aliphatic rings. The third-order valence-corrected chi connectivity index (χ3v) is 2.54. The first-order valence-electron chi connectivity index (χ1n) is 6.15. The largest absolute Gasteiger partial charge is 0.382 e. The van der Waals surface area contributed by atoms with Crippen LogP contribution in [-0.4, -0.2) is 49.9 Å². The molecule has 0 aliphatic carbocycles. The molecule has 0 spiro atoms. The summed E-state index contributed by atoms with van der Waals surface area (Å²) in [7, 11) is 1.65. The Morgan fingerprint density at radius 3 is 2.44 bits per heavy atom. The highest BCUT2D eigenvalue weighted by atomic mass is 16.5. The average Bonchev–Trinajstić information content (AvgIpc) is 2.73. The van der Waals surface area contributed by atoms with Crippen LogP contribution in [0.1, 0.15) is 11.3 Å². The third-order valence-electron chi connectivity index (χ3n) is 2.54. The van der Waals surface area contributed by atoms with Crippen molar-refractivity contribution in [2.45, 2.75) is 20.0 Å². The van der Waals surface area contributed by atoms with E-state index in [-0.39, 0.29) is 0 Å². The van der Waals surface area contributed by atoms with Gasteiger partial charge in [-0.15, -0.1) is 0 Å². The van der Waals surface area contributed by atoms with Crippen LogP contribution < -0.4 is 5.73 Å². The molecule has 1 aromatic rings. The molecule has 0 amide bonds. The topological polar surface area (TPSA) is 71.5 Å². The SMILES string of the molecule is COCCOCCOCCn1cc(CN)c(C)n1. The van der Waals surface area contributed by atoms with Crippen molar-refractivity contribution in [3.63, 3.8) is 0 Å². The van der Waals surface area contributed by atoms with Gasteiger partial charge in [-0.1, -0.05) is 0 Å². The third kappa shape index (κ3) is 5.59. The van der Waals surface area contributed by atoms with Crippen LogP contribution in [0.5, 0.6) is 0 Å². The Hall–Kier alpha value is -0.950. The summed E-state index contributed by atoms with van der Waals surface area (Å²) in [4.78, 5) is 0. The molecule has 0 fully saturated rings. The van der Waals surface area contributed by atoms with Crippen LogP contribution in [0.15, 0.2) is 6.20 Å². The van der Waals surface area contributed by atoms with E-state index in [4.69, 9.17) is 19.9 Å². The first kappa shape index (κ1) is 15.1. The highest BCUT2D eigenvalue weighted by Gasteiger charge is 2.02. The van der Waals surface area contributed by atoms with E-state index in [9.17, 15) is 0 Å². The summed E-state index contributed by atoms with van der Waals surface area (Å²) in [6, 6.07) is 0. The van der Waals surface area contributed by atoms with E-state index in [1.165, 1.54) is 0 Å². The van der Waals surface area contributed by atoms with E-state index in [1.807, 2.05) is 17.8 Å². The van der Waals surface area contributed by atoms with Crippen molar-refractivity contribution in [2.75, 3.05) is 40.1 Å². The van der Waals surface area contributed by atoms with E-state index >= 15 is 0 Å².